The van der Waals surface area contributed by atoms with Crippen LogP contribution >= 0.6 is 15.9 Å². The lowest BCUT2D eigenvalue weighted by Gasteiger charge is -2.19. The number of non-ortho nitro benzene ring substituents is 1. The molecule has 0 radical (unpaired) electrons. The molecule has 0 fully saturated rings. The molecule has 0 saturated heterocycles. The zero-order valence-electron chi connectivity index (χ0n) is 10.9. The van der Waals surface area contributed by atoms with Gasteiger partial charge in [-0.1, -0.05) is 15.9 Å². The molecular formula is C12H15BrN2O4. The summed E-state index contributed by atoms with van der Waals surface area (Å²) in [6.07, 6.45) is -0.564. The van der Waals surface area contributed by atoms with Crippen LogP contribution in [0.25, 0.3) is 0 Å². The smallest absolute Gasteiger partial charge is 0.407 e. The van der Waals surface area contributed by atoms with E-state index in [1.165, 1.54) is 12.1 Å². The Hall–Kier alpha value is -1.63. The number of nitro groups is 1. The molecule has 1 aromatic rings. The summed E-state index contributed by atoms with van der Waals surface area (Å²) >= 11 is 3.28. The number of amides is 1. The van der Waals surface area contributed by atoms with Crippen LogP contribution in [0.1, 0.15) is 26.3 Å². The van der Waals surface area contributed by atoms with Crippen LogP contribution in [-0.2, 0) is 11.3 Å². The first-order chi connectivity index (χ1) is 8.69. The van der Waals surface area contributed by atoms with Gasteiger partial charge < -0.3 is 10.1 Å². The van der Waals surface area contributed by atoms with Crippen molar-refractivity contribution in [2.75, 3.05) is 0 Å². The normalized spacial score (nSPS) is 10.9. The van der Waals surface area contributed by atoms with E-state index >= 15 is 0 Å². The highest BCUT2D eigenvalue weighted by Crippen LogP contribution is 2.22. The molecule has 0 aliphatic heterocycles. The van der Waals surface area contributed by atoms with Crippen molar-refractivity contribution in [2.24, 2.45) is 0 Å². The molecule has 0 aliphatic rings. The Morgan fingerprint density at radius 3 is 2.63 bits per heavy atom. The molecule has 0 aromatic heterocycles. The number of halogens is 1. The largest absolute Gasteiger partial charge is 0.444 e. The lowest BCUT2D eigenvalue weighted by atomic mass is 10.2. The van der Waals surface area contributed by atoms with E-state index in [1.54, 1.807) is 26.8 Å². The van der Waals surface area contributed by atoms with E-state index in [0.29, 0.717) is 10.0 Å². The second-order valence-electron chi connectivity index (χ2n) is 4.89. The number of benzene rings is 1. The second kappa shape index (κ2) is 6.01. The van der Waals surface area contributed by atoms with Gasteiger partial charge in [0.15, 0.2) is 0 Å². The molecule has 0 saturated carbocycles. The lowest BCUT2D eigenvalue weighted by Crippen LogP contribution is -2.32. The third-order valence-corrected chi connectivity index (χ3v) is 2.84. The Kier molecular flexibility index (Phi) is 4.88. The third kappa shape index (κ3) is 5.25. The van der Waals surface area contributed by atoms with Gasteiger partial charge in [-0.2, -0.15) is 0 Å². The van der Waals surface area contributed by atoms with Crippen molar-refractivity contribution in [3.8, 4) is 0 Å². The number of ether oxygens (including phenoxy) is 1. The fourth-order valence-electron chi connectivity index (χ4n) is 1.29. The van der Waals surface area contributed by atoms with Gasteiger partial charge in [-0.3, -0.25) is 10.1 Å². The van der Waals surface area contributed by atoms with Gasteiger partial charge in [0, 0.05) is 23.2 Å². The van der Waals surface area contributed by atoms with E-state index in [1.807, 2.05) is 0 Å². The zero-order valence-corrected chi connectivity index (χ0v) is 12.5. The minimum absolute atomic E-state index is 0.0239. The summed E-state index contributed by atoms with van der Waals surface area (Å²) in [6, 6.07) is 4.37. The molecule has 19 heavy (non-hydrogen) atoms. The maximum atomic E-state index is 11.5. The molecule has 1 amide bonds. The SMILES string of the molecule is CC(C)(C)OC(=O)NCc1cc([N+](=O)[O-])ccc1Br. The Labute approximate surface area is 119 Å². The predicted octanol–water partition coefficient (Wildman–Crippen LogP) is 3.38. The molecular weight excluding hydrogens is 316 g/mol. The lowest BCUT2D eigenvalue weighted by molar-refractivity contribution is -0.384. The summed E-state index contributed by atoms with van der Waals surface area (Å²) in [5.41, 5.74) is 0.00790. The van der Waals surface area contributed by atoms with Gasteiger partial charge in [0.1, 0.15) is 5.60 Å². The van der Waals surface area contributed by atoms with Gasteiger partial charge in [-0.25, -0.2) is 4.79 Å². The van der Waals surface area contributed by atoms with E-state index in [4.69, 9.17) is 4.74 Å². The van der Waals surface area contributed by atoms with Gasteiger partial charge in [0.05, 0.1) is 4.92 Å². The minimum atomic E-state index is -0.579. The summed E-state index contributed by atoms with van der Waals surface area (Å²) in [5, 5.41) is 13.2. The van der Waals surface area contributed by atoms with Gasteiger partial charge in [0.2, 0.25) is 0 Å². The first-order valence-corrected chi connectivity index (χ1v) is 6.38. The van der Waals surface area contributed by atoms with Crippen molar-refractivity contribution in [1.29, 1.82) is 0 Å². The van der Waals surface area contributed by atoms with E-state index in [-0.39, 0.29) is 12.2 Å². The second-order valence-corrected chi connectivity index (χ2v) is 5.74. The van der Waals surface area contributed by atoms with Crippen molar-refractivity contribution in [3.05, 3.63) is 38.3 Å². The monoisotopic (exact) mass is 330 g/mol. The van der Waals surface area contributed by atoms with Crippen LogP contribution < -0.4 is 5.32 Å². The average Bonchev–Trinajstić information content (AvgIpc) is 2.25. The number of alkyl carbamates (subject to hydrolysis) is 1. The third-order valence-electron chi connectivity index (χ3n) is 2.06. The number of nitro benzene ring substituents is 1. The molecule has 0 heterocycles. The molecule has 7 heteroatoms. The van der Waals surface area contributed by atoms with Crippen LogP contribution in [0.3, 0.4) is 0 Å². The highest BCUT2D eigenvalue weighted by molar-refractivity contribution is 9.10. The molecule has 1 rings (SSSR count). The summed E-state index contributed by atoms with van der Waals surface area (Å²) < 4.78 is 5.77. The van der Waals surface area contributed by atoms with E-state index in [0.717, 1.165) is 0 Å². The maximum Gasteiger partial charge on any atom is 0.407 e. The standard InChI is InChI=1S/C12H15BrN2O4/c1-12(2,3)19-11(16)14-7-8-6-9(15(17)18)4-5-10(8)13/h4-6H,7H2,1-3H3,(H,14,16). The number of hydrogen-bond donors (Lipinski definition) is 1. The van der Waals surface area contributed by atoms with Crippen molar-refractivity contribution in [2.45, 2.75) is 32.9 Å². The predicted molar refractivity (Wildman–Crippen MR) is 73.9 cm³/mol. The number of hydrogen-bond acceptors (Lipinski definition) is 4. The Morgan fingerprint density at radius 1 is 1.47 bits per heavy atom. The van der Waals surface area contributed by atoms with Gasteiger partial charge in [-0.05, 0) is 32.4 Å². The molecule has 6 nitrogen and oxygen atoms in total. The Morgan fingerprint density at radius 2 is 2.11 bits per heavy atom. The highest BCUT2D eigenvalue weighted by atomic mass is 79.9. The summed E-state index contributed by atoms with van der Waals surface area (Å²) in [5.74, 6) is 0. The number of carbonyl (C=O) groups excluding carboxylic acids is 1. The maximum absolute atomic E-state index is 11.5. The average molecular weight is 331 g/mol. The van der Waals surface area contributed by atoms with Gasteiger partial charge >= 0.3 is 6.09 Å². The number of carbonyl (C=O) groups is 1. The number of nitrogens with one attached hydrogen (secondary N) is 1. The first kappa shape index (κ1) is 15.4. The van der Waals surface area contributed by atoms with E-state index in [2.05, 4.69) is 21.2 Å². The minimum Gasteiger partial charge on any atom is -0.444 e. The Balaban J connectivity index is 2.70. The van der Waals surface area contributed by atoms with Crippen LogP contribution in [0.2, 0.25) is 0 Å². The first-order valence-electron chi connectivity index (χ1n) is 5.59. The van der Waals surface area contributed by atoms with Crippen LogP contribution in [0.5, 0.6) is 0 Å². The quantitative estimate of drug-likeness (QED) is 0.680. The van der Waals surface area contributed by atoms with Crippen molar-refractivity contribution < 1.29 is 14.5 Å². The topological polar surface area (TPSA) is 81.5 Å². The van der Waals surface area contributed by atoms with Crippen molar-refractivity contribution in [1.82, 2.24) is 5.32 Å². The molecule has 104 valence electrons. The summed E-state index contributed by atoms with van der Waals surface area (Å²) in [4.78, 5) is 21.7. The van der Waals surface area contributed by atoms with Crippen LogP contribution in [0.15, 0.2) is 22.7 Å². The van der Waals surface area contributed by atoms with Gasteiger partial charge in [0.25, 0.3) is 5.69 Å². The number of nitrogens with zero attached hydrogens (tertiary/aromatic N) is 1. The van der Waals surface area contributed by atoms with Crippen LogP contribution in [-0.4, -0.2) is 16.6 Å². The molecule has 1 N–H and O–H groups in total. The van der Waals surface area contributed by atoms with Crippen LogP contribution in [0.4, 0.5) is 10.5 Å². The highest BCUT2D eigenvalue weighted by Gasteiger charge is 2.16. The molecule has 0 atom stereocenters. The molecule has 1 aromatic carbocycles. The van der Waals surface area contributed by atoms with Crippen molar-refractivity contribution in [3.63, 3.8) is 0 Å². The summed E-state index contributed by atoms with van der Waals surface area (Å²) in [6.45, 7) is 5.43. The fraction of sp³-hybridized carbons (Fsp3) is 0.417. The molecule has 0 bridgehead atoms. The van der Waals surface area contributed by atoms with Gasteiger partial charge in [-0.15, -0.1) is 0 Å². The fourth-order valence-corrected chi connectivity index (χ4v) is 1.68. The van der Waals surface area contributed by atoms with E-state index < -0.39 is 16.6 Å². The molecule has 0 unspecified atom stereocenters. The zero-order chi connectivity index (χ0) is 14.6. The van der Waals surface area contributed by atoms with Crippen molar-refractivity contribution >= 4 is 27.7 Å². The van der Waals surface area contributed by atoms with Crippen LogP contribution in [0, 0.1) is 10.1 Å². The molecule has 0 aliphatic carbocycles. The summed E-state index contributed by atoms with van der Waals surface area (Å²) in [7, 11) is 0. The molecule has 0 spiro atoms. The number of rotatable bonds is 3. The van der Waals surface area contributed by atoms with E-state index in [9.17, 15) is 14.9 Å². The Bertz CT molecular complexity index is 497.